The maximum absolute atomic E-state index is 11.7. The van der Waals surface area contributed by atoms with Gasteiger partial charge >= 0.3 is 0 Å². The minimum absolute atomic E-state index is 0.0498. The van der Waals surface area contributed by atoms with Crippen molar-refractivity contribution in [2.75, 3.05) is 6.61 Å². The summed E-state index contributed by atoms with van der Waals surface area (Å²) in [4.78, 5) is 11.7. The lowest BCUT2D eigenvalue weighted by Gasteiger charge is -2.12. The van der Waals surface area contributed by atoms with Crippen molar-refractivity contribution in [3.63, 3.8) is 0 Å². The molecule has 0 bridgehead atoms. The SMILES string of the molecule is CCC(C)NC(=O)COc1ccc(-c2ccc(C)cc2)cc1. The van der Waals surface area contributed by atoms with E-state index in [0.717, 1.165) is 12.0 Å². The maximum atomic E-state index is 11.7. The number of hydrogen-bond donors (Lipinski definition) is 1. The standard InChI is InChI=1S/C19H23NO2/c1-4-15(3)20-19(21)13-22-18-11-9-17(10-12-18)16-7-5-14(2)6-8-16/h5-12,15H,4,13H2,1-3H3,(H,20,21). The molecule has 2 aromatic carbocycles. The molecule has 22 heavy (non-hydrogen) atoms. The van der Waals surface area contributed by atoms with E-state index in [9.17, 15) is 4.79 Å². The Kier molecular flexibility index (Phi) is 5.59. The molecule has 0 radical (unpaired) electrons. The lowest BCUT2D eigenvalue weighted by atomic mass is 10.0. The van der Waals surface area contributed by atoms with E-state index in [-0.39, 0.29) is 18.6 Å². The Morgan fingerprint density at radius 2 is 1.59 bits per heavy atom. The van der Waals surface area contributed by atoms with Crippen LogP contribution in [0.3, 0.4) is 0 Å². The first-order chi connectivity index (χ1) is 10.6. The Bertz CT molecular complexity index is 602. The molecular formula is C19H23NO2. The fraction of sp³-hybridized carbons (Fsp3) is 0.316. The molecule has 0 aliphatic rings. The van der Waals surface area contributed by atoms with Crippen LogP contribution in [0, 0.1) is 6.92 Å². The Balaban J connectivity index is 1.92. The van der Waals surface area contributed by atoms with Crippen LogP contribution in [0.2, 0.25) is 0 Å². The number of benzene rings is 2. The molecule has 0 saturated heterocycles. The molecule has 3 nitrogen and oxygen atoms in total. The normalized spacial score (nSPS) is 11.8. The van der Waals surface area contributed by atoms with E-state index in [4.69, 9.17) is 4.74 Å². The summed E-state index contributed by atoms with van der Waals surface area (Å²) in [6, 6.07) is 16.4. The van der Waals surface area contributed by atoms with Crippen molar-refractivity contribution in [1.82, 2.24) is 5.32 Å². The average Bonchev–Trinajstić information content (AvgIpc) is 2.54. The molecule has 0 aliphatic heterocycles. The van der Waals surface area contributed by atoms with Gasteiger partial charge in [-0.05, 0) is 43.5 Å². The van der Waals surface area contributed by atoms with E-state index in [1.54, 1.807) is 0 Å². The molecule has 1 amide bonds. The molecule has 0 spiro atoms. The Morgan fingerprint density at radius 3 is 2.14 bits per heavy atom. The molecule has 0 saturated carbocycles. The Hall–Kier alpha value is -2.29. The minimum atomic E-state index is -0.0861. The number of nitrogens with one attached hydrogen (secondary N) is 1. The van der Waals surface area contributed by atoms with Gasteiger partial charge in [0.25, 0.3) is 5.91 Å². The van der Waals surface area contributed by atoms with Gasteiger partial charge in [-0.15, -0.1) is 0 Å². The van der Waals surface area contributed by atoms with Crippen molar-refractivity contribution in [3.8, 4) is 16.9 Å². The lowest BCUT2D eigenvalue weighted by Crippen LogP contribution is -2.35. The number of aryl methyl sites for hydroxylation is 1. The van der Waals surface area contributed by atoms with Crippen molar-refractivity contribution in [1.29, 1.82) is 0 Å². The van der Waals surface area contributed by atoms with Crippen molar-refractivity contribution in [2.24, 2.45) is 0 Å². The monoisotopic (exact) mass is 297 g/mol. The molecule has 0 aliphatic carbocycles. The van der Waals surface area contributed by atoms with E-state index >= 15 is 0 Å². The second-order valence-corrected chi connectivity index (χ2v) is 5.56. The van der Waals surface area contributed by atoms with Crippen LogP contribution >= 0.6 is 0 Å². The molecule has 2 aromatic rings. The zero-order chi connectivity index (χ0) is 15.9. The van der Waals surface area contributed by atoms with Crippen LogP contribution in [-0.2, 0) is 4.79 Å². The first-order valence-corrected chi connectivity index (χ1v) is 7.67. The Labute approximate surface area is 132 Å². The Morgan fingerprint density at radius 1 is 1.05 bits per heavy atom. The predicted octanol–water partition coefficient (Wildman–Crippen LogP) is 3.96. The van der Waals surface area contributed by atoms with Crippen molar-refractivity contribution < 1.29 is 9.53 Å². The summed E-state index contributed by atoms with van der Waals surface area (Å²) in [5.74, 6) is 0.618. The van der Waals surface area contributed by atoms with Gasteiger partial charge in [-0.1, -0.05) is 48.9 Å². The highest BCUT2D eigenvalue weighted by atomic mass is 16.5. The summed E-state index contributed by atoms with van der Waals surface area (Å²) in [6.45, 7) is 6.14. The minimum Gasteiger partial charge on any atom is -0.484 e. The van der Waals surface area contributed by atoms with E-state index in [2.05, 4.69) is 36.5 Å². The number of carbonyl (C=O) groups is 1. The third kappa shape index (κ3) is 4.62. The summed E-state index contributed by atoms with van der Waals surface area (Å²) in [7, 11) is 0. The van der Waals surface area contributed by atoms with Gasteiger partial charge in [0.2, 0.25) is 0 Å². The van der Waals surface area contributed by atoms with Gasteiger partial charge in [-0.2, -0.15) is 0 Å². The van der Waals surface area contributed by atoms with Gasteiger partial charge in [0, 0.05) is 6.04 Å². The first-order valence-electron chi connectivity index (χ1n) is 7.67. The van der Waals surface area contributed by atoms with Crippen LogP contribution in [0.5, 0.6) is 5.75 Å². The number of ether oxygens (including phenoxy) is 1. The third-order valence-electron chi connectivity index (χ3n) is 3.63. The lowest BCUT2D eigenvalue weighted by molar-refractivity contribution is -0.123. The summed E-state index contributed by atoms with van der Waals surface area (Å²) >= 11 is 0. The van der Waals surface area contributed by atoms with E-state index in [1.807, 2.05) is 38.1 Å². The molecule has 2 rings (SSSR count). The van der Waals surface area contributed by atoms with Gasteiger partial charge in [-0.3, -0.25) is 4.79 Å². The second-order valence-electron chi connectivity index (χ2n) is 5.56. The summed E-state index contributed by atoms with van der Waals surface area (Å²) in [6.07, 6.45) is 0.914. The van der Waals surface area contributed by atoms with Gasteiger partial charge < -0.3 is 10.1 Å². The molecule has 1 unspecified atom stereocenters. The fourth-order valence-corrected chi connectivity index (χ4v) is 2.06. The van der Waals surface area contributed by atoms with Crippen molar-refractivity contribution in [3.05, 3.63) is 54.1 Å². The summed E-state index contributed by atoms with van der Waals surface area (Å²) in [5, 5.41) is 2.88. The maximum Gasteiger partial charge on any atom is 0.258 e. The molecule has 0 fully saturated rings. The van der Waals surface area contributed by atoms with Crippen LogP contribution < -0.4 is 10.1 Å². The van der Waals surface area contributed by atoms with Crippen LogP contribution in [0.4, 0.5) is 0 Å². The zero-order valence-corrected chi connectivity index (χ0v) is 13.4. The first kappa shape index (κ1) is 16.1. The van der Waals surface area contributed by atoms with Crippen molar-refractivity contribution >= 4 is 5.91 Å². The topological polar surface area (TPSA) is 38.3 Å². The smallest absolute Gasteiger partial charge is 0.258 e. The van der Waals surface area contributed by atoms with Gasteiger partial charge in [0.15, 0.2) is 6.61 Å². The van der Waals surface area contributed by atoms with Crippen LogP contribution in [0.25, 0.3) is 11.1 Å². The highest BCUT2D eigenvalue weighted by molar-refractivity contribution is 5.77. The van der Waals surface area contributed by atoms with Crippen molar-refractivity contribution in [2.45, 2.75) is 33.2 Å². The molecule has 3 heteroatoms. The molecule has 0 heterocycles. The van der Waals surface area contributed by atoms with E-state index in [1.165, 1.54) is 11.1 Å². The zero-order valence-electron chi connectivity index (χ0n) is 13.4. The number of rotatable bonds is 6. The summed E-state index contributed by atoms with van der Waals surface area (Å²) < 4.78 is 5.51. The number of carbonyl (C=O) groups excluding carboxylic acids is 1. The third-order valence-corrected chi connectivity index (χ3v) is 3.63. The molecule has 1 N–H and O–H groups in total. The van der Waals surface area contributed by atoms with Gasteiger partial charge in [0.1, 0.15) is 5.75 Å². The quantitative estimate of drug-likeness (QED) is 0.876. The van der Waals surface area contributed by atoms with Gasteiger partial charge in [-0.25, -0.2) is 0 Å². The van der Waals surface area contributed by atoms with Gasteiger partial charge in [0.05, 0.1) is 0 Å². The number of amides is 1. The highest BCUT2D eigenvalue weighted by Crippen LogP contribution is 2.22. The van der Waals surface area contributed by atoms with E-state index in [0.29, 0.717) is 5.75 Å². The predicted molar refractivity (Wildman–Crippen MR) is 90.0 cm³/mol. The average molecular weight is 297 g/mol. The fourth-order valence-electron chi connectivity index (χ4n) is 2.06. The largest absolute Gasteiger partial charge is 0.484 e. The molecule has 116 valence electrons. The van der Waals surface area contributed by atoms with Crippen LogP contribution in [0.1, 0.15) is 25.8 Å². The van der Waals surface area contributed by atoms with Crippen LogP contribution in [0.15, 0.2) is 48.5 Å². The van der Waals surface area contributed by atoms with E-state index < -0.39 is 0 Å². The molecular weight excluding hydrogens is 274 g/mol. The molecule has 0 aromatic heterocycles. The molecule has 1 atom stereocenters. The highest BCUT2D eigenvalue weighted by Gasteiger charge is 2.06. The summed E-state index contributed by atoms with van der Waals surface area (Å²) in [5.41, 5.74) is 3.55. The van der Waals surface area contributed by atoms with Crippen LogP contribution in [-0.4, -0.2) is 18.6 Å². The number of hydrogen-bond acceptors (Lipinski definition) is 2. The second kappa shape index (κ2) is 7.64.